The molecule has 2 amide bonds. The summed E-state index contributed by atoms with van der Waals surface area (Å²) in [6.07, 6.45) is 0. The second-order valence-electron chi connectivity index (χ2n) is 6.65. The van der Waals surface area contributed by atoms with Gasteiger partial charge in [-0.2, -0.15) is 0 Å². The van der Waals surface area contributed by atoms with E-state index in [0.717, 1.165) is 10.5 Å². The van der Waals surface area contributed by atoms with Crippen molar-refractivity contribution in [1.82, 2.24) is 5.32 Å². The van der Waals surface area contributed by atoms with Crippen LogP contribution in [0.1, 0.15) is 21.2 Å². The van der Waals surface area contributed by atoms with E-state index in [-0.39, 0.29) is 16.8 Å². The molecule has 31 heavy (non-hydrogen) atoms. The molecule has 1 unspecified atom stereocenters. The number of hydrogen-bond acceptors (Lipinski definition) is 4. The molecule has 0 aliphatic heterocycles. The molecule has 1 atom stereocenters. The molecule has 7 heteroatoms. The number of benzene rings is 3. The lowest BCUT2D eigenvalue weighted by Gasteiger charge is -2.17. The van der Waals surface area contributed by atoms with Gasteiger partial charge in [0.2, 0.25) is 5.91 Å². The van der Waals surface area contributed by atoms with E-state index in [9.17, 15) is 9.59 Å². The highest BCUT2D eigenvalue weighted by atomic mass is 35.5. The molecule has 0 bridgehead atoms. The SMILES string of the molecule is COCCNC(=O)c1ccc(NC(=O)C(Sc2ccccc2)c2ccccc2)cc1Cl. The number of thioether (sulfide) groups is 1. The first kappa shape index (κ1) is 22.9. The highest BCUT2D eigenvalue weighted by Crippen LogP contribution is 2.36. The van der Waals surface area contributed by atoms with E-state index < -0.39 is 5.25 Å². The Kier molecular flexibility index (Phi) is 8.53. The summed E-state index contributed by atoms with van der Waals surface area (Å²) in [6.45, 7) is 0.803. The standard InChI is InChI=1S/C24H23ClN2O3S/c1-30-15-14-26-23(28)20-13-12-18(16-21(20)25)27-24(29)22(17-8-4-2-5-9-17)31-19-10-6-3-7-11-19/h2-13,16,22H,14-15H2,1H3,(H,26,28)(H,27,29). The first-order valence-corrected chi connectivity index (χ1v) is 11.0. The van der Waals surface area contributed by atoms with Crippen LogP contribution in [-0.2, 0) is 9.53 Å². The lowest BCUT2D eigenvalue weighted by Crippen LogP contribution is -2.27. The fraction of sp³-hybridized carbons (Fsp3) is 0.167. The van der Waals surface area contributed by atoms with Crippen LogP contribution in [0.15, 0.2) is 83.8 Å². The van der Waals surface area contributed by atoms with Crippen molar-refractivity contribution in [2.24, 2.45) is 0 Å². The Bertz CT molecular complexity index is 1020. The summed E-state index contributed by atoms with van der Waals surface area (Å²) >= 11 is 7.77. The van der Waals surface area contributed by atoms with Crippen molar-refractivity contribution in [3.8, 4) is 0 Å². The van der Waals surface area contributed by atoms with Crippen LogP contribution in [0, 0.1) is 0 Å². The van der Waals surface area contributed by atoms with Gasteiger partial charge in [-0.3, -0.25) is 9.59 Å². The van der Waals surface area contributed by atoms with Gasteiger partial charge >= 0.3 is 0 Å². The predicted molar refractivity (Wildman–Crippen MR) is 126 cm³/mol. The fourth-order valence-corrected chi connectivity index (χ4v) is 4.19. The number of methoxy groups -OCH3 is 1. The minimum atomic E-state index is -0.445. The smallest absolute Gasteiger partial charge is 0.252 e. The van der Waals surface area contributed by atoms with E-state index in [0.29, 0.717) is 24.4 Å². The van der Waals surface area contributed by atoms with Crippen LogP contribution in [0.3, 0.4) is 0 Å². The normalized spacial score (nSPS) is 11.5. The lowest BCUT2D eigenvalue weighted by molar-refractivity contribution is -0.115. The zero-order valence-corrected chi connectivity index (χ0v) is 18.6. The number of carbonyl (C=O) groups is 2. The Morgan fingerprint density at radius 2 is 1.68 bits per heavy atom. The molecule has 3 aromatic carbocycles. The van der Waals surface area contributed by atoms with Crippen molar-refractivity contribution in [2.45, 2.75) is 10.1 Å². The number of carbonyl (C=O) groups excluding carboxylic acids is 2. The molecule has 0 heterocycles. The first-order chi connectivity index (χ1) is 15.1. The molecule has 0 saturated heterocycles. The molecule has 160 valence electrons. The van der Waals surface area contributed by atoms with Gasteiger partial charge in [0.25, 0.3) is 5.91 Å². The number of hydrogen-bond donors (Lipinski definition) is 2. The molecule has 3 rings (SSSR count). The second-order valence-corrected chi connectivity index (χ2v) is 8.24. The van der Waals surface area contributed by atoms with Gasteiger partial charge < -0.3 is 15.4 Å². The molecule has 2 N–H and O–H groups in total. The molecule has 0 aromatic heterocycles. The summed E-state index contributed by atoms with van der Waals surface area (Å²) in [4.78, 5) is 26.4. The average Bonchev–Trinajstić information content (AvgIpc) is 2.79. The van der Waals surface area contributed by atoms with Crippen LogP contribution in [0.25, 0.3) is 0 Å². The molecule has 0 spiro atoms. The molecule has 5 nitrogen and oxygen atoms in total. The third-order valence-corrected chi connectivity index (χ3v) is 5.99. The third kappa shape index (κ3) is 6.59. The van der Waals surface area contributed by atoms with Crippen LogP contribution < -0.4 is 10.6 Å². The topological polar surface area (TPSA) is 67.4 Å². The van der Waals surface area contributed by atoms with Crippen LogP contribution in [0.4, 0.5) is 5.69 Å². The summed E-state index contributed by atoms with van der Waals surface area (Å²) in [5.41, 5.74) is 1.76. The van der Waals surface area contributed by atoms with Gasteiger partial charge in [0, 0.05) is 24.2 Å². The zero-order chi connectivity index (χ0) is 22.1. The molecule has 0 radical (unpaired) electrons. The monoisotopic (exact) mass is 454 g/mol. The maximum atomic E-state index is 13.2. The van der Waals surface area contributed by atoms with E-state index in [1.807, 2.05) is 60.7 Å². The minimum absolute atomic E-state index is 0.173. The number of amides is 2. The fourth-order valence-electron chi connectivity index (χ4n) is 2.88. The van der Waals surface area contributed by atoms with E-state index in [1.165, 1.54) is 11.8 Å². The number of nitrogens with one attached hydrogen (secondary N) is 2. The predicted octanol–water partition coefficient (Wildman–Crippen LogP) is 5.19. The van der Waals surface area contributed by atoms with Gasteiger partial charge in [-0.25, -0.2) is 0 Å². The number of rotatable bonds is 9. The number of anilines is 1. The Morgan fingerprint density at radius 3 is 2.32 bits per heavy atom. The number of ether oxygens (including phenoxy) is 1. The Labute approximate surface area is 191 Å². The molecule has 3 aromatic rings. The van der Waals surface area contributed by atoms with Crippen LogP contribution >= 0.6 is 23.4 Å². The summed E-state index contributed by atoms with van der Waals surface area (Å²) < 4.78 is 4.93. The summed E-state index contributed by atoms with van der Waals surface area (Å²) in [6, 6.07) is 24.2. The van der Waals surface area contributed by atoms with Crippen molar-refractivity contribution < 1.29 is 14.3 Å². The van der Waals surface area contributed by atoms with Crippen molar-refractivity contribution in [3.05, 3.63) is 95.0 Å². The lowest BCUT2D eigenvalue weighted by atomic mass is 10.1. The van der Waals surface area contributed by atoms with E-state index in [1.54, 1.807) is 25.3 Å². The van der Waals surface area contributed by atoms with Crippen molar-refractivity contribution in [1.29, 1.82) is 0 Å². The maximum absolute atomic E-state index is 13.2. The first-order valence-electron chi connectivity index (χ1n) is 9.72. The third-order valence-electron chi connectivity index (χ3n) is 4.41. The molecule has 0 aliphatic carbocycles. The largest absolute Gasteiger partial charge is 0.383 e. The Balaban J connectivity index is 1.75. The molecule has 0 saturated carbocycles. The molecule has 0 aliphatic rings. The van der Waals surface area contributed by atoms with Gasteiger partial charge in [-0.1, -0.05) is 60.1 Å². The highest BCUT2D eigenvalue weighted by molar-refractivity contribution is 8.00. The van der Waals surface area contributed by atoms with Crippen LogP contribution in [0.5, 0.6) is 0 Å². The van der Waals surface area contributed by atoms with Crippen molar-refractivity contribution in [3.63, 3.8) is 0 Å². The molecular formula is C24H23ClN2O3S. The summed E-state index contributed by atoms with van der Waals surface area (Å²) in [5, 5.41) is 5.47. The summed E-state index contributed by atoms with van der Waals surface area (Å²) in [7, 11) is 1.56. The van der Waals surface area contributed by atoms with Crippen molar-refractivity contribution in [2.75, 3.05) is 25.6 Å². The van der Waals surface area contributed by atoms with Crippen molar-refractivity contribution >= 4 is 40.9 Å². The summed E-state index contributed by atoms with van der Waals surface area (Å²) in [5.74, 6) is -0.463. The average molecular weight is 455 g/mol. The van der Waals surface area contributed by atoms with Gasteiger partial charge in [0.05, 0.1) is 17.2 Å². The van der Waals surface area contributed by atoms with E-state index >= 15 is 0 Å². The quantitative estimate of drug-likeness (QED) is 0.345. The van der Waals surface area contributed by atoms with Crippen LogP contribution in [-0.4, -0.2) is 32.1 Å². The zero-order valence-electron chi connectivity index (χ0n) is 17.0. The Morgan fingerprint density at radius 1 is 1.00 bits per heavy atom. The maximum Gasteiger partial charge on any atom is 0.252 e. The van der Waals surface area contributed by atoms with Gasteiger partial charge in [0.15, 0.2) is 0 Å². The molecular weight excluding hydrogens is 432 g/mol. The van der Waals surface area contributed by atoms with E-state index in [2.05, 4.69) is 10.6 Å². The molecule has 0 fully saturated rings. The number of halogens is 1. The second kappa shape index (κ2) is 11.6. The van der Waals surface area contributed by atoms with Gasteiger partial charge in [-0.05, 0) is 35.9 Å². The van der Waals surface area contributed by atoms with Gasteiger partial charge in [0.1, 0.15) is 5.25 Å². The van der Waals surface area contributed by atoms with E-state index in [4.69, 9.17) is 16.3 Å². The van der Waals surface area contributed by atoms with Crippen LogP contribution in [0.2, 0.25) is 5.02 Å². The van der Waals surface area contributed by atoms with Gasteiger partial charge in [-0.15, -0.1) is 11.8 Å². The highest BCUT2D eigenvalue weighted by Gasteiger charge is 2.22. The Hall–Kier alpha value is -2.80. The minimum Gasteiger partial charge on any atom is -0.383 e.